The highest BCUT2D eigenvalue weighted by Gasteiger charge is 2.50. The van der Waals surface area contributed by atoms with Crippen LogP contribution in [0.4, 0.5) is 0 Å². The van der Waals surface area contributed by atoms with Crippen molar-refractivity contribution in [3.63, 3.8) is 0 Å². The average Bonchev–Trinajstić information content (AvgIpc) is 2.96. The predicted molar refractivity (Wildman–Crippen MR) is 118 cm³/mol. The van der Waals surface area contributed by atoms with Gasteiger partial charge in [-0.25, -0.2) is 0 Å². The zero-order valence-electron chi connectivity index (χ0n) is 18.1. The van der Waals surface area contributed by atoms with Crippen LogP contribution in [0.2, 0.25) is 0 Å². The van der Waals surface area contributed by atoms with Crippen LogP contribution in [0.25, 0.3) is 0 Å². The lowest BCUT2D eigenvalue weighted by Gasteiger charge is -2.45. The zero-order valence-corrected chi connectivity index (χ0v) is 18.1. The summed E-state index contributed by atoms with van der Waals surface area (Å²) in [4.78, 5) is 11.4. The molecule has 3 fully saturated rings. The van der Waals surface area contributed by atoms with Gasteiger partial charge in [-0.1, -0.05) is 30.7 Å². The fourth-order valence-electron chi connectivity index (χ4n) is 7.07. The molecule has 0 N–H and O–H groups in total. The first-order chi connectivity index (χ1) is 14.6. The summed E-state index contributed by atoms with van der Waals surface area (Å²) in [5, 5.41) is 0. The smallest absolute Gasteiger partial charge is 0.308 e. The van der Waals surface area contributed by atoms with Crippen molar-refractivity contribution < 1.29 is 14.3 Å². The topological polar surface area (TPSA) is 35.5 Å². The van der Waals surface area contributed by atoms with Gasteiger partial charge in [-0.2, -0.15) is 0 Å². The SMILES string of the molecule is COc1ccc(C2(c3ccc(OC(C)=O)cc3)CC3CC4CCC2CC(C4)C3)cc1. The standard InChI is InChI=1S/C27H32O3/c1-18(28)30-26-11-7-23(8-12-26)27(22-5-9-25(29-2)10-6-22)17-21-14-19-3-4-24(27)16-20(13-19)15-21/h5-12,19-21,24H,3-4,13-17H2,1-2H3. The Hall–Kier alpha value is -2.29. The highest BCUT2D eigenvalue weighted by Crippen LogP contribution is 2.58. The largest absolute Gasteiger partial charge is 0.497 e. The van der Waals surface area contributed by atoms with Crippen LogP contribution in [-0.4, -0.2) is 13.1 Å². The summed E-state index contributed by atoms with van der Waals surface area (Å²) in [5.41, 5.74) is 2.81. The number of fused-ring (bicyclic) bond motifs is 3. The van der Waals surface area contributed by atoms with E-state index in [1.54, 1.807) is 7.11 Å². The van der Waals surface area contributed by atoms with E-state index >= 15 is 0 Å². The predicted octanol–water partition coefficient (Wildman–Crippen LogP) is 6.14. The van der Waals surface area contributed by atoms with E-state index < -0.39 is 0 Å². The van der Waals surface area contributed by atoms with Gasteiger partial charge in [-0.3, -0.25) is 4.79 Å². The first-order valence-electron chi connectivity index (χ1n) is 11.5. The van der Waals surface area contributed by atoms with Crippen LogP contribution in [0.1, 0.15) is 63.0 Å². The molecule has 4 bridgehead atoms. The van der Waals surface area contributed by atoms with E-state index in [9.17, 15) is 4.79 Å². The Kier molecular flexibility index (Phi) is 5.08. The molecule has 158 valence electrons. The lowest BCUT2D eigenvalue weighted by Crippen LogP contribution is -2.39. The molecule has 5 rings (SSSR count). The van der Waals surface area contributed by atoms with Crippen molar-refractivity contribution in [1.82, 2.24) is 0 Å². The Balaban J connectivity index is 1.63. The van der Waals surface area contributed by atoms with Crippen LogP contribution in [0.15, 0.2) is 48.5 Å². The van der Waals surface area contributed by atoms with Crippen LogP contribution in [0.5, 0.6) is 11.5 Å². The fourth-order valence-corrected chi connectivity index (χ4v) is 7.07. The van der Waals surface area contributed by atoms with Crippen molar-refractivity contribution in [3.8, 4) is 11.5 Å². The Morgan fingerprint density at radius 1 is 0.800 bits per heavy atom. The van der Waals surface area contributed by atoms with Crippen LogP contribution in [0, 0.1) is 23.7 Å². The van der Waals surface area contributed by atoms with Gasteiger partial charge in [0, 0.05) is 12.3 Å². The van der Waals surface area contributed by atoms with E-state index in [2.05, 4.69) is 36.4 Å². The van der Waals surface area contributed by atoms with Crippen molar-refractivity contribution in [1.29, 1.82) is 0 Å². The maximum Gasteiger partial charge on any atom is 0.308 e. The number of benzene rings is 2. The van der Waals surface area contributed by atoms with Crippen molar-refractivity contribution in [2.75, 3.05) is 7.11 Å². The van der Waals surface area contributed by atoms with Gasteiger partial charge in [0.25, 0.3) is 0 Å². The van der Waals surface area contributed by atoms with Crippen molar-refractivity contribution in [2.24, 2.45) is 23.7 Å². The molecule has 0 radical (unpaired) electrons. The van der Waals surface area contributed by atoms with Gasteiger partial charge in [0.05, 0.1) is 7.11 Å². The number of esters is 1. The fraction of sp³-hybridized carbons (Fsp3) is 0.519. The molecule has 3 aliphatic carbocycles. The second kappa shape index (κ2) is 7.76. The summed E-state index contributed by atoms with van der Waals surface area (Å²) in [5.74, 6) is 4.57. The molecule has 5 atom stereocenters. The van der Waals surface area contributed by atoms with Gasteiger partial charge in [0.2, 0.25) is 0 Å². The van der Waals surface area contributed by atoms with Crippen molar-refractivity contribution >= 4 is 5.97 Å². The van der Waals surface area contributed by atoms with Gasteiger partial charge in [0.1, 0.15) is 11.5 Å². The van der Waals surface area contributed by atoms with Crippen molar-refractivity contribution in [3.05, 3.63) is 59.7 Å². The Bertz CT molecular complexity index is 899. The molecule has 3 heteroatoms. The number of carbonyl (C=O) groups excluding carboxylic acids is 1. The maximum absolute atomic E-state index is 11.4. The minimum absolute atomic E-state index is 0.0236. The molecule has 2 aromatic rings. The molecule has 0 amide bonds. The number of hydrogen-bond donors (Lipinski definition) is 0. The molecular formula is C27H32O3. The lowest BCUT2D eigenvalue weighted by atomic mass is 9.59. The molecule has 5 unspecified atom stereocenters. The van der Waals surface area contributed by atoms with Crippen LogP contribution >= 0.6 is 0 Å². The molecule has 0 aromatic heterocycles. The Labute approximate surface area is 179 Å². The summed E-state index contributed by atoms with van der Waals surface area (Å²) in [6.45, 7) is 1.46. The third-order valence-electron chi connectivity index (χ3n) is 8.08. The molecule has 0 spiro atoms. The minimum Gasteiger partial charge on any atom is -0.497 e. The average molecular weight is 405 g/mol. The van der Waals surface area contributed by atoms with Crippen LogP contribution in [0.3, 0.4) is 0 Å². The third-order valence-corrected chi connectivity index (χ3v) is 8.08. The second-order valence-electron chi connectivity index (χ2n) is 9.84. The van der Waals surface area contributed by atoms with Crippen LogP contribution in [-0.2, 0) is 10.2 Å². The maximum atomic E-state index is 11.4. The number of hydrogen-bond acceptors (Lipinski definition) is 3. The summed E-state index contributed by atoms with van der Waals surface area (Å²) >= 11 is 0. The van der Waals surface area contributed by atoms with Gasteiger partial charge >= 0.3 is 5.97 Å². The first kappa shape index (κ1) is 19.7. The molecule has 0 heterocycles. The molecule has 3 aliphatic rings. The number of carbonyl (C=O) groups is 1. The van der Waals surface area contributed by atoms with Crippen molar-refractivity contribution in [2.45, 2.75) is 57.3 Å². The molecule has 3 nitrogen and oxygen atoms in total. The molecule has 30 heavy (non-hydrogen) atoms. The number of rotatable bonds is 4. The molecule has 2 aromatic carbocycles. The third kappa shape index (κ3) is 3.42. The Morgan fingerprint density at radius 2 is 1.40 bits per heavy atom. The zero-order chi connectivity index (χ0) is 20.7. The summed E-state index contributed by atoms with van der Waals surface area (Å²) in [7, 11) is 1.73. The van der Waals surface area contributed by atoms with E-state index in [1.807, 2.05) is 12.1 Å². The van der Waals surface area contributed by atoms with E-state index in [0.717, 1.165) is 23.5 Å². The quantitative estimate of drug-likeness (QED) is 0.453. The number of ether oxygens (including phenoxy) is 2. The highest BCUT2D eigenvalue weighted by atomic mass is 16.5. The Morgan fingerprint density at radius 3 is 2.03 bits per heavy atom. The minimum atomic E-state index is -0.269. The van der Waals surface area contributed by atoms with E-state index in [1.165, 1.54) is 63.0 Å². The monoisotopic (exact) mass is 404 g/mol. The molecular weight excluding hydrogens is 372 g/mol. The van der Waals surface area contributed by atoms with E-state index in [4.69, 9.17) is 9.47 Å². The molecule has 3 saturated carbocycles. The molecule has 0 saturated heterocycles. The highest BCUT2D eigenvalue weighted by molar-refractivity contribution is 5.69. The van der Waals surface area contributed by atoms with Gasteiger partial charge < -0.3 is 9.47 Å². The molecule has 0 aliphatic heterocycles. The lowest BCUT2D eigenvalue weighted by molar-refractivity contribution is -0.131. The van der Waals surface area contributed by atoms with Gasteiger partial charge in [-0.15, -0.1) is 0 Å². The van der Waals surface area contributed by atoms with Crippen LogP contribution < -0.4 is 9.47 Å². The first-order valence-corrected chi connectivity index (χ1v) is 11.5. The summed E-state index contributed by atoms with van der Waals surface area (Å²) in [6.07, 6.45) is 9.49. The van der Waals surface area contributed by atoms with Gasteiger partial charge in [-0.05, 0) is 97.6 Å². The summed E-state index contributed by atoms with van der Waals surface area (Å²) in [6, 6.07) is 17.2. The number of methoxy groups -OCH3 is 1. The van der Waals surface area contributed by atoms with E-state index in [0.29, 0.717) is 11.7 Å². The normalized spacial score (nSPS) is 32.3. The van der Waals surface area contributed by atoms with E-state index in [-0.39, 0.29) is 11.4 Å². The summed E-state index contributed by atoms with van der Waals surface area (Å²) < 4.78 is 10.8. The second-order valence-corrected chi connectivity index (χ2v) is 9.84. The van der Waals surface area contributed by atoms with Gasteiger partial charge in [0.15, 0.2) is 0 Å².